The van der Waals surface area contributed by atoms with Crippen LogP contribution in [0.15, 0.2) is 78.0 Å². The number of nitrogens with zero attached hydrogens (tertiary/aromatic N) is 3. The number of aromatic nitrogens is 1. The lowest BCUT2D eigenvalue weighted by atomic mass is 10.2. The van der Waals surface area contributed by atoms with Crippen LogP contribution in [0, 0.1) is 0 Å². The van der Waals surface area contributed by atoms with Gasteiger partial charge in [0.1, 0.15) is 0 Å². The van der Waals surface area contributed by atoms with Crippen molar-refractivity contribution < 1.29 is 13.2 Å². The summed E-state index contributed by atoms with van der Waals surface area (Å²) in [7, 11) is -1.54. The van der Waals surface area contributed by atoms with Gasteiger partial charge in [-0.15, -0.1) is 0 Å². The Balaban J connectivity index is 1.46. The molecule has 0 atom stereocenters. The van der Waals surface area contributed by atoms with Gasteiger partial charge in [0.25, 0.3) is 5.91 Å². The van der Waals surface area contributed by atoms with E-state index in [1.54, 1.807) is 30.3 Å². The van der Waals surface area contributed by atoms with Crippen LogP contribution < -0.4 is 5.32 Å². The van der Waals surface area contributed by atoms with Crippen molar-refractivity contribution in [3.63, 3.8) is 0 Å². The van der Waals surface area contributed by atoms with Gasteiger partial charge in [-0.3, -0.25) is 4.79 Å². The van der Waals surface area contributed by atoms with Crippen molar-refractivity contribution in [3.8, 4) is 5.69 Å². The molecule has 156 valence electrons. The molecule has 0 radical (unpaired) electrons. The summed E-state index contributed by atoms with van der Waals surface area (Å²) >= 11 is 0. The Kier molecular flexibility index (Phi) is 5.72. The van der Waals surface area contributed by atoms with Gasteiger partial charge in [-0.25, -0.2) is 8.42 Å². The molecule has 4 rings (SSSR count). The summed E-state index contributed by atoms with van der Waals surface area (Å²) in [5, 5.41) is 2.83. The monoisotopic (exact) mass is 424 g/mol. The van der Waals surface area contributed by atoms with Crippen LogP contribution in [0.2, 0.25) is 0 Å². The molecular formula is C22H24N4O3S. The number of piperazine rings is 1. The van der Waals surface area contributed by atoms with Crippen LogP contribution in [-0.4, -0.2) is 61.3 Å². The zero-order valence-electron chi connectivity index (χ0n) is 16.7. The van der Waals surface area contributed by atoms with Crippen molar-refractivity contribution in [2.45, 2.75) is 4.90 Å². The second-order valence-corrected chi connectivity index (χ2v) is 9.26. The number of hydrogen-bond donors (Lipinski definition) is 1. The molecule has 1 aromatic heterocycles. The molecule has 8 heteroatoms. The normalized spacial score (nSPS) is 15.8. The summed E-state index contributed by atoms with van der Waals surface area (Å²) in [4.78, 5) is 15.0. The smallest absolute Gasteiger partial charge is 0.255 e. The molecule has 1 N–H and O–H groups in total. The highest BCUT2D eigenvalue weighted by molar-refractivity contribution is 7.89. The maximum atomic E-state index is 12.8. The summed E-state index contributed by atoms with van der Waals surface area (Å²) in [5.74, 6) is -0.251. The molecule has 0 bridgehead atoms. The Morgan fingerprint density at radius 1 is 0.900 bits per heavy atom. The lowest BCUT2D eigenvalue weighted by Gasteiger charge is -2.31. The predicted octanol–water partition coefficient (Wildman–Crippen LogP) is 2.67. The summed E-state index contributed by atoms with van der Waals surface area (Å²) in [5.41, 5.74) is 1.96. The van der Waals surface area contributed by atoms with Gasteiger partial charge in [-0.05, 0) is 61.6 Å². The van der Waals surface area contributed by atoms with Gasteiger partial charge in [0.15, 0.2) is 0 Å². The van der Waals surface area contributed by atoms with Gasteiger partial charge in [0.2, 0.25) is 10.0 Å². The molecule has 30 heavy (non-hydrogen) atoms. The van der Waals surface area contributed by atoms with E-state index in [0.717, 1.165) is 18.8 Å². The number of amides is 1. The number of carbonyl (C=O) groups is 1. The number of rotatable bonds is 5. The van der Waals surface area contributed by atoms with Gasteiger partial charge in [-0.2, -0.15) is 4.31 Å². The molecular weight excluding hydrogens is 400 g/mol. The van der Waals surface area contributed by atoms with Crippen LogP contribution in [0.4, 0.5) is 5.69 Å². The van der Waals surface area contributed by atoms with Crippen LogP contribution in [-0.2, 0) is 10.0 Å². The van der Waals surface area contributed by atoms with Gasteiger partial charge in [0, 0.05) is 55.5 Å². The minimum absolute atomic E-state index is 0.236. The highest BCUT2D eigenvalue weighted by Gasteiger charge is 2.27. The summed E-state index contributed by atoms with van der Waals surface area (Å²) in [6, 6.07) is 17.5. The molecule has 1 saturated heterocycles. The molecule has 1 amide bonds. The second-order valence-electron chi connectivity index (χ2n) is 7.33. The first-order valence-electron chi connectivity index (χ1n) is 9.77. The summed E-state index contributed by atoms with van der Waals surface area (Å²) in [6.45, 7) is 2.40. The Hall–Kier alpha value is -2.94. The largest absolute Gasteiger partial charge is 0.324 e. The maximum absolute atomic E-state index is 12.8. The zero-order valence-corrected chi connectivity index (χ0v) is 17.5. The number of likely N-dealkylation sites (N-methyl/N-ethyl adjacent to an activating group) is 1. The average Bonchev–Trinajstić information content (AvgIpc) is 3.30. The van der Waals surface area contributed by atoms with Crippen LogP contribution in [0.5, 0.6) is 0 Å². The molecule has 0 unspecified atom stereocenters. The Labute approximate surface area is 176 Å². The van der Waals surface area contributed by atoms with Crippen molar-refractivity contribution in [1.82, 2.24) is 13.8 Å². The third kappa shape index (κ3) is 4.30. The molecule has 0 aliphatic carbocycles. The number of hydrogen-bond acceptors (Lipinski definition) is 4. The average molecular weight is 425 g/mol. The molecule has 1 fully saturated rings. The van der Waals surface area contributed by atoms with Crippen LogP contribution in [0.3, 0.4) is 0 Å². The Morgan fingerprint density at radius 3 is 2.23 bits per heavy atom. The van der Waals surface area contributed by atoms with Gasteiger partial charge in [0.05, 0.1) is 4.90 Å². The topological polar surface area (TPSA) is 74.7 Å². The zero-order chi connectivity index (χ0) is 21.1. The van der Waals surface area contributed by atoms with Gasteiger partial charge < -0.3 is 14.8 Å². The number of nitrogens with one attached hydrogen (secondary N) is 1. The van der Waals surface area contributed by atoms with E-state index in [9.17, 15) is 13.2 Å². The van der Waals surface area contributed by atoms with Gasteiger partial charge in [-0.1, -0.05) is 6.07 Å². The van der Waals surface area contributed by atoms with Crippen molar-refractivity contribution in [2.24, 2.45) is 0 Å². The van der Waals surface area contributed by atoms with E-state index in [0.29, 0.717) is 24.3 Å². The van der Waals surface area contributed by atoms with E-state index in [1.165, 1.54) is 4.31 Å². The quantitative estimate of drug-likeness (QED) is 0.683. The minimum atomic E-state index is -3.52. The van der Waals surface area contributed by atoms with Crippen molar-refractivity contribution in [3.05, 3.63) is 78.6 Å². The molecule has 0 spiro atoms. The van der Waals surface area contributed by atoms with E-state index in [2.05, 4.69) is 10.2 Å². The van der Waals surface area contributed by atoms with E-state index < -0.39 is 10.0 Å². The summed E-state index contributed by atoms with van der Waals surface area (Å²) < 4.78 is 29.1. The molecule has 3 aromatic rings. The van der Waals surface area contributed by atoms with Crippen LogP contribution in [0.1, 0.15) is 10.4 Å². The highest BCUT2D eigenvalue weighted by Crippen LogP contribution is 2.20. The first-order valence-corrected chi connectivity index (χ1v) is 11.2. The Morgan fingerprint density at radius 2 is 1.57 bits per heavy atom. The van der Waals surface area contributed by atoms with E-state index in [1.807, 2.05) is 54.3 Å². The lowest BCUT2D eigenvalue weighted by Crippen LogP contribution is -2.46. The standard InChI is InChI=1S/C22H24N4O3S/c1-24-13-15-26(16-14-24)30(28,29)21-9-7-19(8-10-21)23-22(27)18-5-4-6-20(17-18)25-11-2-3-12-25/h2-12,17H,13-16H2,1H3,(H,23,27). The molecule has 0 saturated carbocycles. The van der Waals surface area contributed by atoms with Crippen molar-refractivity contribution >= 4 is 21.6 Å². The number of anilines is 1. The third-order valence-electron chi connectivity index (χ3n) is 5.22. The first-order chi connectivity index (χ1) is 14.4. The van der Waals surface area contributed by atoms with Crippen LogP contribution in [0.25, 0.3) is 5.69 Å². The fourth-order valence-electron chi connectivity index (χ4n) is 3.41. The Bertz CT molecular complexity index is 1120. The van der Waals surface area contributed by atoms with E-state index >= 15 is 0 Å². The van der Waals surface area contributed by atoms with Crippen LogP contribution >= 0.6 is 0 Å². The first kappa shape index (κ1) is 20.3. The second kappa shape index (κ2) is 8.43. The molecule has 2 heterocycles. The molecule has 1 aliphatic rings. The number of carbonyl (C=O) groups excluding carboxylic acids is 1. The predicted molar refractivity (Wildman–Crippen MR) is 116 cm³/mol. The molecule has 2 aromatic carbocycles. The molecule has 1 aliphatic heterocycles. The SMILES string of the molecule is CN1CCN(S(=O)(=O)c2ccc(NC(=O)c3cccc(-n4cccc4)c3)cc2)CC1. The maximum Gasteiger partial charge on any atom is 0.255 e. The third-order valence-corrected chi connectivity index (χ3v) is 7.14. The van der Waals surface area contributed by atoms with Gasteiger partial charge >= 0.3 is 0 Å². The van der Waals surface area contributed by atoms with Crippen molar-refractivity contribution in [2.75, 3.05) is 38.5 Å². The number of sulfonamides is 1. The number of benzene rings is 2. The highest BCUT2D eigenvalue weighted by atomic mass is 32.2. The van der Waals surface area contributed by atoms with E-state index in [4.69, 9.17) is 0 Å². The molecule has 7 nitrogen and oxygen atoms in total. The summed E-state index contributed by atoms with van der Waals surface area (Å²) in [6.07, 6.45) is 3.83. The van der Waals surface area contributed by atoms with E-state index in [-0.39, 0.29) is 10.8 Å². The lowest BCUT2D eigenvalue weighted by molar-refractivity contribution is 0.102. The fourth-order valence-corrected chi connectivity index (χ4v) is 4.83. The van der Waals surface area contributed by atoms with Crippen molar-refractivity contribution in [1.29, 1.82) is 0 Å². The minimum Gasteiger partial charge on any atom is -0.324 e. The fraction of sp³-hybridized carbons (Fsp3) is 0.227.